The summed E-state index contributed by atoms with van der Waals surface area (Å²) >= 11 is 0. The van der Waals surface area contributed by atoms with Gasteiger partial charge in [-0.2, -0.15) is 0 Å². The van der Waals surface area contributed by atoms with Crippen LogP contribution in [0, 0.1) is 5.82 Å². The molecule has 0 spiro atoms. The Balaban J connectivity index is 2.01. The molecule has 4 nitrogen and oxygen atoms in total. The highest BCUT2D eigenvalue weighted by molar-refractivity contribution is 5.94. The van der Waals surface area contributed by atoms with Crippen LogP contribution < -0.4 is 5.32 Å². The van der Waals surface area contributed by atoms with E-state index >= 15 is 0 Å². The van der Waals surface area contributed by atoms with Crippen LogP contribution >= 0.6 is 0 Å². The highest BCUT2D eigenvalue weighted by Gasteiger charge is 2.27. The van der Waals surface area contributed by atoms with Crippen molar-refractivity contribution in [3.63, 3.8) is 0 Å². The summed E-state index contributed by atoms with van der Waals surface area (Å²) in [6.45, 7) is 2.52. The summed E-state index contributed by atoms with van der Waals surface area (Å²) in [7, 11) is 0. The summed E-state index contributed by atoms with van der Waals surface area (Å²) in [5, 5.41) is 2.78. The molecule has 1 aliphatic heterocycles. The Morgan fingerprint density at radius 2 is 2.22 bits per heavy atom. The van der Waals surface area contributed by atoms with Gasteiger partial charge in [0.1, 0.15) is 5.82 Å². The Morgan fingerprint density at radius 1 is 1.44 bits per heavy atom. The number of benzene rings is 1. The second-order valence-corrected chi connectivity index (χ2v) is 4.45. The first kappa shape index (κ1) is 12.5. The Kier molecular flexibility index (Phi) is 3.60. The van der Waals surface area contributed by atoms with E-state index in [0.717, 1.165) is 6.42 Å². The molecule has 2 amide bonds. The predicted molar refractivity (Wildman–Crippen MR) is 64.5 cm³/mol. The number of nitrogens with zero attached hydrogens (tertiary/aromatic N) is 1. The van der Waals surface area contributed by atoms with Crippen LogP contribution in [0.1, 0.15) is 23.7 Å². The van der Waals surface area contributed by atoms with Crippen LogP contribution in [-0.4, -0.2) is 35.8 Å². The molecule has 5 heteroatoms. The van der Waals surface area contributed by atoms with Crippen LogP contribution in [0.5, 0.6) is 0 Å². The van der Waals surface area contributed by atoms with Gasteiger partial charge in [-0.1, -0.05) is 6.07 Å². The minimum atomic E-state index is -0.418. The number of carbonyl (C=O) groups is 2. The number of nitrogens with one attached hydrogen (secondary N) is 1. The third-order valence-corrected chi connectivity index (χ3v) is 2.95. The van der Waals surface area contributed by atoms with E-state index in [9.17, 15) is 14.0 Å². The molecule has 96 valence electrons. The van der Waals surface area contributed by atoms with Gasteiger partial charge >= 0.3 is 0 Å². The number of halogens is 1. The minimum absolute atomic E-state index is 0.00000850. The van der Waals surface area contributed by atoms with Gasteiger partial charge in [0.05, 0.1) is 0 Å². The fourth-order valence-corrected chi connectivity index (χ4v) is 2.15. The molecule has 1 saturated heterocycles. The molecule has 1 aromatic rings. The summed E-state index contributed by atoms with van der Waals surface area (Å²) in [5.74, 6) is -0.708. The molecule has 1 aromatic carbocycles. The molecule has 1 fully saturated rings. The summed E-state index contributed by atoms with van der Waals surface area (Å²) in [5.41, 5.74) is 0.346. The molecule has 2 rings (SSSR count). The van der Waals surface area contributed by atoms with Gasteiger partial charge in [0.15, 0.2) is 0 Å². The van der Waals surface area contributed by atoms with Crippen LogP contribution in [0.4, 0.5) is 4.39 Å². The normalized spacial score (nSPS) is 18.8. The maximum Gasteiger partial charge on any atom is 0.254 e. The monoisotopic (exact) mass is 250 g/mol. The van der Waals surface area contributed by atoms with Crippen molar-refractivity contribution in [3.05, 3.63) is 35.6 Å². The molecule has 0 radical (unpaired) electrons. The highest BCUT2D eigenvalue weighted by Crippen LogP contribution is 2.14. The number of rotatable bonds is 2. The first-order valence-corrected chi connectivity index (χ1v) is 5.88. The summed E-state index contributed by atoms with van der Waals surface area (Å²) in [6.07, 6.45) is 0.737. The quantitative estimate of drug-likeness (QED) is 0.856. The Hall–Kier alpha value is -1.91. The molecule has 1 aliphatic rings. The van der Waals surface area contributed by atoms with Crippen molar-refractivity contribution < 1.29 is 14.0 Å². The molecule has 0 aromatic heterocycles. The zero-order chi connectivity index (χ0) is 13.1. The van der Waals surface area contributed by atoms with E-state index in [2.05, 4.69) is 5.32 Å². The highest BCUT2D eigenvalue weighted by atomic mass is 19.1. The van der Waals surface area contributed by atoms with Crippen LogP contribution in [0.3, 0.4) is 0 Å². The van der Waals surface area contributed by atoms with Crippen LogP contribution in [0.25, 0.3) is 0 Å². The third-order valence-electron chi connectivity index (χ3n) is 2.95. The van der Waals surface area contributed by atoms with Gasteiger partial charge in [-0.05, 0) is 24.6 Å². The molecule has 0 unspecified atom stereocenters. The standard InChI is InChI=1S/C13H15FN2O2/c1-9(17)15-12-5-6-16(8-12)13(18)10-3-2-4-11(14)7-10/h2-4,7,12H,5-6,8H2,1H3,(H,15,17)/t12-/m0/s1. The lowest BCUT2D eigenvalue weighted by Gasteiger charge is -2.16. The molecule has 1 heterocycles. The minimum Gasteiger partial charge on any atom is -0.352 e. The van der Waals surface area contributed by atoms with Gasteiger partial charge in [-0.3, -0.25) is 9.59 Å². The number of hydrogen-bond donors (Lipinski definition) is 1. The largest absolute Gasteiger partial charge is 0.352 e. The number of amides is 2. The second kappa shape index (κ2) is 5.16. The summed E-state index contributed by atoms with van der Waals surface area (Å²) < 4.78 is 13.0. The lowest BCUT2D eigenvalue weighted by atomic mass is 10.2. The van der Waals surface area contributed by atoms with Crippen LogP contribution in [0.15, 0.2) is 24.3 Å². The van der Waals surface area contributed by atoms with Crippen molar-refractivity contribution in [2.75, 3.05) is 13.1 Å². The molecule has 0 saturated carbocycles. The molecular weight excluding hydrogens is 235 g/mol. The van der Waals surface area contributed by atoms with E-state index in [1.54, 1.807) is 11.0 Å². The van der Waals surface area contributed by atoms with E-state index in [1.807, 2.05) is 0 Å². The predicted octanol–water partition coefficient (Wildman–Crippen LogP) is 1.18. The molecular formula is C13H15FN2O2. The van der Waals surface area contributed by atoms with Crippen molar-refractivity contribution in [1.29, 1.82) is 0 Å². The average Bonchev–Trinajstić information content (AvgIpc) is 2.75. The Morgan fingerprint density at radius 3 is 2.89 bits per heavy atom. The second-order valence-electron chi connectivity index (χ2n) is 4.45. The average molecular weight is 250 g/mol. The van der Waals surface area contributed by atoms with Gasteiger partial charge in [0, 0.05) is 31.6 Å². The van der Waals surface area contributed by atoms with Crippen molar-refractivity contribution in [3.8, 4) is 0 Å². The van der Waals surface area contributed by atoms with Crippen molar-refractivity contribution in [1.82, 2.24) is 10.2 Å². The van der Waals surface area contributed by atoms with E-state index in [-0.39, 0.29) is 17.9 Å². The van der Waals surface area contributed by atoms with Gasteiger partial charge in [-0.25, -0.2) is 4.39 Å². The maximum absolute atomic E-state index is 13.0. The molecule has 0 bridgehead atoms. The summed E-state index contributed by atoms with van der Waals surface area (Å²) in [4.78, 5) is 24.6. The first-order chi connectivity index (χ1) is 8.56. The lowest BCUT2D eigenvalue weighted by molar-refractivity contribution is -0.119. The van der Waals surface area contributed by atoms with E-state index in [1.165, 1.54) is 25.1 Å². The molecule has 1 N–H and O–H groups in total. The third kappa shape index (κ3) is 2.85. The van der Waals surface area contributed by atoms with Gasteiger partial charge < -0.3 is 10.2 Å². The Labute approximate surface area is 105 Å². The van der Waals surface area contributed by atoms with Gasteiger partial charge in [-0.15, -0.1) is 0 Å². The van der Waals surface area contributed by atoms with Gasteiger partial charge in [0.25, 0.3) is 5.91 Å². The maximum atomic E-state index is 13.0. The smallest absolute Gasteiger partial charge is 0.254 e. The van der Waals surface area contributed by atoms with Gasteiger partial charge in [0.2, 0.25) is 5.91 Å². The molecule has 18 heavy (non-hydrogen) atoms. The first-order valence-electron chi connectivity index (χ1n) is 5.88. The van der Waals surface area contributed by atoms with Crippen LogP contribution in [-0.2, 0) is 4.79 Å². The lowest BCUT2D eigenvalue weighted by Crippen LogP contribution is -2.37. The van der Waals surface area contributed by atoms with Crippen molar-refractivity contribution >= 4 is 11.8 Å². The summed E-state index contributed by atoms with van der Waals surface area (Å²) in [6, 6.07) is 5.65. The fraction of sp³-hybridized carbons (Fsp3) is 0.385. The fourth-order valence-electron chi connectivity index (χ4n) is 2.15. The zero-order valence-corrected chi connectivity index (χ0v) is 10.1. The van der Waals surface area contributed by atoms with Crippen molar-refractivity contribution in [2.24, 2.45) is 0 Å². The SMILES string of the molecule is CC(=O)N[C@H]1CCN(C(=O)c2cccc(F)c2)C1. The van der Waals surface area contributed by atoms with E-state index < -0.39 is 5.82 Å². The molecule has 1 atom stereocenters. The number of carbonyl (C=O) groups excluding carboxylic acids is 2. The molecule has 0 aliphatic carbocycles. The zero-order valence-electron chi connectivity index (χ0n) is 10.1. The Bertz CT molecular complexity index is 476. The van der Waals surface area contributed by atoms with E-state index in [4.69, 9.17) is 0 Å². The topological polar surface area (TPSA) is 49.4 Å². The van der Waals surface area contributed by atoms with Crippen LogP contribution in [0.2, 0.25) is 0 Å². The number of likely N-dealkylation sites (tertiary alicyclic amines) is 1. The van der Waals surface area contributed by atoms with E-state index in [0.29, 0.717) is 18.7 Å². The van der Waals surface area contributed by atoms with Crippen molar-refractivity contribution in [2.45, 2.75) is 19.4 Å². The number of hydrogen-bond acceptors (Lipinski definition) is 2.